The Balaban J connectivity index is 0.00000242. The summed E-state index contributed by atoms with van der Waals surface area (Å²) >= 11 is 0. The van der Waals surface area contributed by atoms with Crippen molar-refractivity contribution in [3.05, 3.63) is 35.9 Å². The number of alkyl halides is 2. The van der Waals surface area contributed by atoms with Gasteiger partial charge in [0.05, 0.1) is 0 Å². The number of halogens is 3. The Morgan fingerprint density at radius 1 is 1.32 bits per heavy atom. The van der Waals surface area contributed by atoms with Crippen molar-refractivity contribution < 1.29 is 21.9 Å². The molecule has 0 amide bonds. The third kappa shape index (κ3) is 5.20. The number of benzene rings is 1. The van der Waals surface area contributed by atoms with Gasteiger partial charge in [0.2, 0.25) is 10.0 Å². The van der Waals surface area contributed by atoms with Crippen LogP contribution in [0.3, 0.4) is 0 Å². The van der Waals surface area contributed by atoms with E-state index in [4.69, 9.17) is 0 Å². The molecule has 1 aliphatic rings. The molecule has 5 nitrogen and oxygen atoms in total. The first kappa shape index (κ1) is 18.8. The van der Waals surface area contributed by atoms with Gasteiger partial charge >= 0.3 is 6.61 Å². The molecule has 2 rings (SSSR count). The predicted octanol–water partition coefficient (Wildman–Crippen LogP) is 1.91. The van der Waals surface area contributed by atoms with E-state index < -0.39 is 16.6 Å². The van der Waals surface area contributed by atoms with Gasteiger partial charge in [-0.05, 0) is 25.1 Å². The van der Waals surface area contributed by atoms with Crippen molar-refractivity contribution in [2.45, 2.75) is 17.9 Å². The molecule has 0 atom stereocenters. The van der Waals surface area contributed by atoms with Gasteiger partial charge in [0.25, 0.3) is 0 Å². The van der Waals surface area contributed by atoms with Crippen LogP contribution in [0, 0.1) is 0 Å². The molecule has 0 spiro atoms. The van der Waals surface area contributed by atoms with E-state index in [9.17, 15) is 17.2 Å². The van der Waals surface area contributed by atoms with Gasteiger partial charge in [0.15, 0.2) is 0 Å². The molecular formula is C13H17ClF2N2O3S. The van der Waals surface area contributed by atoms with E-state index in [0.717, 1.165) is 18.5 Å². The van der Waals surface area contributed by atoms with E-state index >= 15 is 0 Å². The smallest absolute Gasteiger partial charge is 0.387 e. The van der Waals surface area contributed by atoms with Gasteiger partial charge < -0.3 is 10.1 Å². The second kappa shape index (κ2) is 8.42. The maximum atomic E-state index is 12.3. The molecule has 124 valence electrons. The molecule has 1 heterocycles. The minimum atomic E-state index is -3.91. The lowest BCUT2D eigenvalue weighted by Gasteiger charge is -2.16. The van der Waals surface area contributed by atoms with Crippen LogP contribution in [0.2, 0.25) is 0 Å². The van der Waals surface area contributed by atoms with Crippen molar-refractivity contribution >= 4 is 22.4 Å². The first-order valence-electron chi connectivity index (χ1n) is 6.41. The predicted molar refractivity (Wildman–Crippen MR) is 81.1 cm³/mol. The monoisotopic (exact) mass is 354 g/mol. The third-order valence-corrected chi connectivity index (χ3v) is 4.44. The molecule has 0 saturated heterocycles. The Labute approximate surface area is 134 Å². The standard InChI is InChI=1S/C13H16F2N2O3S.ClH/c14-13(15)20-11-3-1-2-4-12(11)21(18,19)17-9-10-5-7-16-8-6-10;/h1-5,13,16-17H,6-9H2;1H. The van der Waals surface area contributed by atoms with Crippen LogP contribution in [0.25, 0.3) is 0 Å². The topological polar surface area (TPSA) is 67.4 Å². The summed E-state index contributed by atoms with van der Waals surface area (Å²) in [5, 5.41) is 3.12. The zero-order valence-corrected chi connectivity index (χ0v) is 13.2. The average Bonchev–Trinajstić information content (AvgIpc) is 2.46. The second-order valence-corrected chi connectivity index (χ2v) is 6.20. The lowest BCUT2D eigenvalue weighted by Crippen LogP contribution is -2.30. The minimum absolute atomic E-state index is 0. The summed E-state index contributed by atoms with van der Waals surface area (Å²) in [6.45, 7) is -1.43. The summed E-state index contributed by atoms with van der Waals surface area (Å²) in [4.78, 5) is -0.292. The highest BCUT2D eigenvalue weighted by Gasteiger charge is 2.21. The Morgan fingerprint density at radius 3 is 2.68 bits per heavy atom. The summed E-state index contributed by atoms with van der Waals surface area (Å²) in [5.74, 6) is -0.362. The van der Waals surface area contributed by atoms with E-state index in [1.54, 1.807) is 0 Å². The Hall–Kier alpha value is -1.22. The van der Waals surface area contributed by atoms with Gasteiger partial charge in [-0.3, -0.25) is 0 Å². The summed E-state index contributed by atoms with van der Waals surface area (Å²) in [6.07, 6.45) is 2.66. The van der Waals surface area contributed by atoms with Gasteiger partial charge in [-0.1, -0.05) is 23.8 Å². The van der Waals surface area contributed by atoms with Gasteiger partial charge in [0.1, 0.15) is 10.6 Å². The van der Waals surface area contributed by atoms with Crippen LogP contribution in [0.5, 0.6) is 5.75 Å². The van der Waals surface area contributed by atoms with Crippen LogP contribution in [0.1, 0.15) is 6.42 Å². The minimum Gasteiger partial charge on any atom is -0.433 e. The van der Waals surface area contributed by atoms with Crippen LogP contribution in [0.15, 0.2) is 40.8 Å². The molecule has 0 radical (unpaired) electrons. The fraction of sp³-hybridized carbons (Fsp3) is 0.385. The number of ether oxygens (including phenoxy) is 1. The van der Waals surface area contributed by atoms with Crippen molar-refractivity contribution in [2.75, 3.05) is 19.6 Å². The SMILES string of the molecule is Cl.O=S(=O)(NCC1=CCNCC1)c1ccccc1OC(F)F. The zero-order valence-electron chi connectivity index (χ0n) is 11.6. The summed E-state index contributed by atoms with van der Waals surface area (Å²) in [5.41, 5.74) is 0.963. The molecule has 22 heavy (non-hydrogen) atoms. The molecule has 0 aromatic heterocycles. The van der Waals surface area contributed by atoms with E-state index in [0.29, 0.717) is 6.54 Å². The first-order valence-corrected chi connectivity index (χ1v) is 7.89. The van der Waals surface area contributed by atoms with Crippen molar-refractivity contribution in [3.63, 3.8) is 0 Å². The van der Waals surface area contributed by atoms with Crippen LogP contribution in [0.4, 0.5) is 8.78 Å². The van der Waals surface area contributed by atoms with E-state index in [1.807, 2.05) is 6.08 Å². The second-order valence-electron chi connectivity index (χ2n) is 4.47. The van der Waals surface area contributed by atoms with Crippen LogP contribution in [-0.4, -0.2) is 34.7 Å². The Bertz CT molecular complexity index is 623. The highest BCUT2D eigenvalue weighted by Crippen LogP contribution is 2.24. The summed E-state index contributed by atoms with van der Waals surface area (Å²) in [6, 6.07) is 5.32. The molecule has 0 fully saturated rings. The Kier molecular flexibility index (Phi) is 7.21. The fourth-order valence-electron chi connectivity index (χ4n) is 1.96. The lowest BCUT2D eigenvalue weighted by molar-refractivity contribution is -0.0517. The van der Waals surface area contributed by atoms with Gasteiger partial charge in [-0.2, -0.15) is 8.78 Å². The van der Waals surface area contributed by atoms with Crippen molar-refractivity contribution in [3.8, 4) is 5.75 Å². The van der Waals surface area contributed by atoms with E-state index in [1.165, 1.54) is 24.3 Å². The Morgan fingerprint density at radius 2 is 2.05 bits per heavy atom. The highest BCUT2D eigenvalue weighted by atomic mass is 35.5. The van der Waals surface area contributed by atoms with Crippen molar-refractivity contribution in [2.24, 2.45) is 0 Å². The highest BCUT2D eigenvalue weighted by molar-refractivity contribution is 7.89. The maximum Gasteiger partial charge on any atom is 0.387 e. The molecule has 0 aliphatic carbocycles. The molecule has 0 unspecified atom stereocenters. The van der Waals surface area contributed by atoms with E-state index in [-0.39, 0.29) is 29.6 Å². The van der Waals surface area contributed by atoms with E-state index in [2.05, 4.69) is 14.8 Å². The third-order valence-electron chi connectivity index (χ3n) is 3.00. The number of rotatable bonds is 6. The van der Waals surface area contributed by atoms with Gasteiger partial charge in [0, 0.05) is 13.1 Å². The molecule has 1 aliphatic heterocycles. The maximum absolute atomic E-state index is 12.3. The molecule has 1 aromatic rings. The summed E-state index contributed by atoms with van der Waals surface area (Å²) < 4.78 is 55.7. The normalized spacial score (nSPS) is 15.1. The number of hydrogen-bond donors (Lipinski definition) is 2. The molecule has 9 heteroatoms. The molecule has 2 N–H and O–H groups in total. The number of nitrogens with one attached hydrogen (secondary N) is 2. The van der Waals surface area contributed by atoms with Crippen LogP contribution < -0.4 is 14.8 Å². The zero-order chi connectivity index (χ0) is 15.3. The number of para-hydroxylation sites is 1. The number of sulfonamides is 1. The molecular weight excluding hydrogens is 338 g/mol. The van der Waals surface area contributed by atoms with Gasteiger partial charge in [-0.15, -0.1) is 12.4 Å². The molecule has 0 bridgehead atoms. The fourth-order valence-corrected chi connectivity index (χ4v) is 3.13. The number of hydrogen-bond acceptors (Lipinski definition) is 4. The quantitative estimate of drug-likeness (QED) is 0.766. The summed E-state index contributed by atoms with van der Waals surface area (Å²) in [7, 11) is -3.91. The van der Waals surface area contributed by atoms with Crippen molar-refractivity contribution in [1.29, 1.82) is 0 Å². The first-order chi connectivity index (χ1) is 9.99. The largest absolute Gasteiger partial charge is 0.433 e. The average molecular weight is 355 g/mol. The van der Waals surface area contributed by atoms with Crippen molar-refractivity contribution in [1.82, 2.24) is 10.0 Å². The van der Waals surface area contributed by atoms with Crippen LogP contribution >= 0.6 is 12.4 Å². The molecule has 0 saturated carbocycles. The van der Waals surface area contributed by atoms with Gasteiger partial charge in [-0.25, -0.2) is 13.1 Å². The lowest BCUT2D eigenvalue weighted by atomic mass is 10.1. The molecule has 1 aromatic carbocycles. The van der Waals surface area contributed by atoms with Crippen LogP contribution in [-0.2, 0) is 10.0 Å².